The first-order chi connectivity index (χ1) is 15.4. The van der Waals surface area contributed by atoms with Crippen LogP contribution in [-0.4, -0.2) is 27.5 Å². The summed E-state index contributed by atoms with van der Waals surface area (Å²) in [7, 11) is 0. The van der Waals surface area contributed by atoms with Crippen LogP contribution in [0.15, 0.2) is 72.8 Å². The van der Waals surface area contributed by atoms with Gasteiger partial charge >= 0.3 is 5.97 Å². The normalized spacial score (nSPS) is 10.8. The standard InChI is InChI=1S/C24H17F3N2O3/c25-17-8-6-16(7-9-17)22-12-21(28-29(22)13-15-4-2-1-3-5-15)18-10-19(26)20(27)11-23(18)32-14-24(30)31/h1-12H,13-14H2,(H,30,31). The van der Waals surface area contributed by atoms with Crippen molar-refractivity contribution in [2.24, 2.45) is 0 Å². The van der Waals surface area contributed by atoms with Gasteiger partial charge in [-0.3, -0.25) is 4.68 Å². The third-order valence-electron chi connectivity index (χ3n) is 4.74. The molecule has 0 fully saturated rings. The summed E-state index contributed by atoms with van der Waals surface area (Å²) in [6.45, 7) is -0.365. The highest BCUT2D eigenvalue weighted by Gasteiger charge is 2.19. The van der Waals surface area contributed by atoms with Crippen LogP contribution in [0, 0.1) is 17.5 Å². The minimum atomic E-state index is -1.26. The number of halogens is 3. The molecular formula is C24H17F3N2O3. The van der Waals surface area contributed by atoms with Gasteiger partial charge in [0.15, 0.2) is 18.2 Å². The third-order valence-corrected chi connectivity index (χ3v) is 4.74. The number of rotatable bonds is 7. The van der Waals surface area contributed by atoms with Crippen molar-refractivity contribution < 1.29 is 27.8 Å². The van der Waals surface area contributed by atoms with Gasteiger partial charge in [-0.25, -0.2) is 18.0 Å². The Hall–Kier alpha value is -4.07. The predicted octanol–water partition coefficient (Wildman–Crippen LogP) is 5.15. The Labute approximate surface area is 181 Å². The van der Waals surface area contributed by atoms with Gasteiger partial charge in [0, 0.05) is 17.2 Å². The zero-order chi connectivity index (χ0) is 22.7. The molecule has 8 heteroatoms. The molecule has 0 atom stereocenters. The first kappa shape index (κ1) is 21.2. The summed E-state index contributed by atoms with van der Waals surface area (Å²) in [6, 6.07) is 18.6. The Morgan fingerprint density at radius 3 is 2.31 bits per heavy atom. The lowest BCUT2D eigenvalue weighted by molar-refractivity contribution is -0.139. The summed E-state index contributed by atoms with van der Waals surface area (Å²) in [5, 5.41) is 13.4. The first-order valence-corrected chi connectivity index (χ1v) is 9.62. The van der Waals surface area contributed by atoms with Crippen LogP contribution in [-0.2, 0) is 11.3 Å². The Kier molecular flexibility index (Phi) is 5.93. The number of carboxylic acids is 1. The fourth-order valence-corrected chi connectivity index (χ4v) is 3.27. The van der Waals surface area contributed by atoms with Gasteiger partial charge in [0.2, 0.25) is 0 Å². The topological polar surface area (TPSA) is 64.3 Å². The molecule has 0 radical (unpaired) electrons. The van der Waals surface area contributed by atoms with Gasteiger partial charge in [0.25, 0.3) is 0 Å². The lowest BCUT2D eigenvalue weighted by Crippen LogP contribution is -2.10. The number of benzene rings is 3. The quantitative estimate of drug-likeness (QED) is 0.434. The predicted molar refractivity (Wildman–Crippen MR) is 112 cm³/mol. The summed E-state index contributed by atoms with van der Waals surface area (Å²) in [6.07, 6.45) is 0. The van der Waals surface area contributed by atoms with E-state index < -0.39 is 30.0 Å². The van der Waals surface area contributed by atoms with Crippen LogP contribution < -0.4 is 4.74 Å². The number of hydrogen-bond acceptors (Lipinski definition) is 3. The maximum Gasteiger partial charge on any atom is 0.341 e. The van der Waals surface area contributed by atoms with E-state index in [0.29, 0.717) is 17.8 Å². The number of carbonyl (C=O) groups is 1. The van der Waals surface area contributed by atoms with Gasteiger partial charge in [0.05, 0.1) is 17.9 Å². The van der Waals surface area contributed by atoms with Gasteiger partial charge < -0.3 is 9.84 Å². The molecule has 0 unspecified atom stereocenters. The van der Waals surface area contributed by atoms with E-state index in [1.54, 1.807) is 22.9 Å². The number of carboxylic acid groups (broad SMARTS) is 1. The van der Waals surface area contributed by atoms with Gasteiger partial charge in [-0.2, -0.15) is 5.10 Å². The minimum Gasteiger partial charge on any atom is -0.481 e. The summed E-state index contributed by atoms with van der Waals surface area (Å²) in [5.74, 6) is -4.10. The largest absolute Gasteiger partial charge is 0.481 e. The molecule has 0 aliphatic carbocycles. The molecule has 0 aliphatic heterocycles. The van der Waals surface area contributed by atoms with Crippen LogP contribution >= 0.6 is 0 Å². The van der Waals surface area contributed by atoms with Crippen LogP contribution in [0.2, 0.25) is 0 Å². The lowest BCUT2D eigenvalue weighted by atomic mass is 10.1. The molecule has 0 saturated carbocycles. The molecule has 32 heavy (non-hydrogen) atoms. The molecule has 1 N–H and O–H groups in total. The highest BCUT2D eigenvalue weighted by molar-refractivity contribution is 5.74. The van der Waals surface area contributed by atoms with Gasteiger partial charge in [-0.1, -0.05) is 30.3 Å². The van der Waals surface area contributed by atoms with Crippen molar-refractivity contribution in [3.8, 4) is 28.3 Å². The molecule has 4 rings (SSSR count). The van der Waals surface area contributed by atoms with Crippen molar-refractivity contribution in [2.45, 2.75) is 6.54 Å². The Morgan fingerprint density at radius 2 is 1.62 bits per heavy atom. The van der Waals surface area contributed by atoms with Gasteiger partial charge in [-0.05, 0) is 42.0 Å². The average Bonchev–Trinajstić information content (AvgIpc) is 3.19. The van der Waals surface area contributed by atoms with E-state index in [2.05, 4.69) is 5.10 Å². The van der Waals surface area contributed by atoms with Gasteiger partial charge in [-0.15, -0.1) is 0 Å². The Bertz CT molecular complexity index is 1260. The number of ether oxygens (including phenoxy) is 1. The summed E-state index contributed by atoms with van der Waals surface area (Å²) in [5.41, 5.74) is 2.56. The molecule has 0 aliphatic rings. The molecule has 162 valence electrons. The number of aromatic nitrogens is 2. The SMILES string of the molecule is O=C(O)COc1cc(F)c(F)cc1-c1cc(-c2ccc(F)cc2)n(Cc2ccccc2)n1. The van der Waals surface area contributed by atoms with Crippen LogP contribution in [0.3, 0.4) is 0 Å². The van der Waals surface area contributed by atoms with E-state index in [0.717, 1.165) is 17.7 Å². The maximum absolute atomic E-state index is 14.0. The van der Waals surface area contributed by atoms with Crippen molar-refractivity contribution in [3.63, 3.8) is 0 Å². The lowest BCUT2D eigenvalue weighted by Gasteiger charge is -2.09. The summed E-state index contributed by atoms with van der Waals surface area (Å²) >= 11 is 0. The zero-order valence-corrected chi connectivity index (χ0v) is 16.6. The number of aliphatic carboxylic acids is 1. The second-order valence-electron chi connectivity index (χ2n) is 7.01. The fourth-order valence-electron chi connectivity index (χ4n) is 3.27. The summed E-state index contributed by atoms with van der Waals surface area (Å²) in [4.78, 5) is 10.9. The first-order valence-electron chi connectivity index (χ1n) is 9.62. The molecule has 1 heterocycles. The van der Waals surface area contributed by atoms with Crippen molar-refractivity contribution >= 4 is 5.97 Å². The molecule has 0 saturated heterocycles. The van der Waals surface area contributed by atoms with Crippen LogP contribution in [0.5, 0.6) is 5.75 Å². The monoisotopic (exact) mass is 438 g/mol. The molecular weight excluding hydrogens is 421 g/mol. The van der Waals surface area contributed by atoms with Crippen LogP contribution in [0.1, 0.15) is 5.56 Å². The van der Waals surface area contributed by atoms with Gasteiger partial charge in [0.1, 0.15) is 11.6 Å². The van der Waals surface area contributed by atoms with Crippen LogP contribution in [0.25, 0.3) is 22.5 Å². The highest BCUT2D eigenvalue weighted by Crippen LogP contribution is 2.34. The smallest absolute Gasteiger partial charge is 0.341 e. The highest BCUT2D eigenvalue weighted by atomic mass is 19.2. The van der Waals surface area contributed by atoms with Crippen molar-refractivity contribution in [3.05, 3.63) is 95.8 Å². The molecule has 3 aromatic carbocycles. The number of hydrogen-bond donors (Lipinski definition) is 1. The molecule has 0 amide bonds. The van der Waals surface area contributed by atoms with E-state index in [1.807, 2.05) is 30.3 Å². The van der Waals surface area contributed by atoms with E-state index in [9.17, 15) is 18.0 Å². The molecule has 5 nitrogen and oxygen atoms in total. The van der Waals surface area contributed by atoms with Crippen molar-refractivity contribution in [1.82, 2.24) is 9.78 Å². The second-order valence-corrected chi connectivity index (χ2v) is 7.01. The fraction of sp³-hybridized carbons (Fsp3) is 0.0833. The Morgan fingerprint density at radius 1 is 0.938 bits per heavy atom. The zero-order valence-electron chi connectivity index (χ0n) is 16.6. The van der Waals surface area contributed by atoms with Crippen molar-refractivity contribution in [2.75, 3.05) is 6.61 Å². The third kappa shape index (κ3) is 4.64. The molecule has 0 spiro atoms. The average molecular weight is 438 g/mol. The van der Waals surface area contributed by atoms with E-state index >= 15 is 0 Å². The molecule has 1 aromatic heterocycles. The minimum absolute atomic E-state index is 0.0975. The van der Waals surface area contributed by atoms with E-state index in [-0.39, 0.29) is 17.0 Å². The molecule has 0 bridgehead atoms. The maximum atomic E-state index is 14.0. The number of nitrogens with zero attached hydrogens (tertiary/aromatic N) is 2. The van der Waals surface area contributed by atoms with E-state index in [1.165, 1.54) is 12.1 Å². The Balaban J connectivity index is 1.83. The second kappa shape index (κ2) is 8.97. The van der Waals surface area contributed by atoms with E-state index in [4.69, 9.17) is 9.84 Å². The van der Waals surface area contributed by atoms with Crippen LogP contribution in [0.4, 0.5) is 13.2 Å². The van der Waals surface area contributed by atoms with Crippen molar-refractivity contribution in [1.29, 1.82) is 0 Å². The molecule has 4 aromatic rings. The summed E-state index contributed by atoms with van der Waals surface area (Å²) < 4.78 is 48.1.